The van der Waals surface area contributed by atoms with Gasteiger partial charge in [-0.3, -0.25) is 0 Å². The molecular weight excluding hydrogens is 263 g/mol. The number of halogens is 4. The maximum atomic E-state index is 12.5. The molecule has 72 valence electrons. The van der Waals surface area contributed by atoms with Crippen LogP contribution in [0.3, 0.4) is 0 Å². The summed E-state index contributed by atoms with van der Waals surface area (Å²) in [5.41, 5.74) is 1.04. The minimum absolute atomic E-state index is 0.0760. The van der Waals surface area contributed by atoms with Crippen molar-refractivity contribution in [2.24, 2.45) is 0 Å². The first-order valence-electron chi connectivity index (χ1n) is 3.56. The summed E-state index contributed by atoms with van der Waals surface area (Å²) in [5, 5.41) is 0. The fraction of sp³-hybridized carbons (Fsp3) is 0.375. The van der Waals surface area contributed by atoms with E-state index in [1.165, 1.54) is 6.20 Å². The van der Waals surface area contributed by atoms with Gasteiger partial charge in [-0.2, -0.15) is 0 Å². The predicted octanol–water partition coefficient (Wildman–Crippen LogP) is 3.83. The van der Waals surface area contributed by atoms with Crippen LogP contribution >= 0.6 is 27.5 Å². The molecule has 0 spiro atoms. The summed E-state index contributed by atoms with van der Waals surface area (Å²) in [7, 11) is 0. The number of aromatic nitrogens is 1. The van der Waals surface area contributed by atoms with Crippen LogP contribution < -0.4 is 0 Å². The lowest BCUT2D eigenvalue weighted by Gasteiger charge is -2.10. The van der Waals surface area contributed by atoms with E-state index in [4.69, 9.17) is 11.6 Å². The Morgan fingerprint density at radius 1 is 1.62 bits per heavy atom. The monoisotopic (exact) mass is 269 g/mol. The Kier molecular flexibility index (Phi) is 3.62. The Morgan fingerprint density at radius 3 is 2.62 bits per heavy atom. The first-order valence-corrected chi connectivity index (χ1v) is 4.88. The molecule has 0 aliphatic carbocycles. The lowest BCUT2D eigenvalue weighted by molar-refractivity contribution is 0.149. The highest BCUT2D eigenvalue weighted by molar-refractivity contribution is 9.10. The number of hydrogen-bond acceptors (Lipinski definition) is 1. The number of hydrogen-bond donors (Lipinski definition) is 0. The average molecular weight is 271 g/mol. The summed E-state index contributed by atoms with van der Waals surface area (Å²) in [4.78, 5) is 3.79. The molecule has 13 heavy (non-hydrogen) atoms. The fourth-order valence-electron chi connectivity index (χ4n) is 1.04. The lowest BCUT2D eigenvalue weighted by atomic mass is 10.1. The van der Waals surface area contributed by atoms with Gasteiger partial charge in [-0.15, -0.1) is 11.6 Å². The van der Waals surface area contributed by atoms with E-state index in [9.17, 15) is 8.78 Å². The topological polar surface area (TPSA) is 12.9 Å². The van der Waals surface area contributed by atoms with Crippen LogP contribution in [0, 0.1) is 6.92 Å². The van der Waals surface area contributed by atoms with Gasteiger partial charge in [0.25, 0.3) is 6.43 Å². The second-order valence-corrected chi connectivity index (χ2v) is 3.58. The van der Waals surface area contributed by atoms with Crippen molar-refractivity contribution in [3.63, 3.8) is 0 Å². The molecular formula is C8H7BrClF2N. The zero-order chi connectivity index (χ0) is 10.0. The Hall–Kier alpha value is -0.220. The van der Waals surface area contributed by atoms with E-state index in [-0.39, 0.29) is 16.0 Å². The van der Waals surface area contributed by atoms with E-state index >= 15 is 0 Å². The van der Waals surface area contributed by atoms with Crippen LogP contribution in [0.1, 0.15) is 23.1 Å². The van der Waals surface area contributed by atoms with Gasteiger partial charge in [-0.1, -0.05) is 0 Å². The molecule has 0 amide bonds. The highest BCUT2D eigenvalue weighted by atomic mass is 79.9. The molecule has 0 bridgehead atoms. The molecule has 1 heterocycles. The van der Waals surface area contributed by atoms with Crippen molar-refractivity contribution in [1.82, 2.24) is 4.98 Å². The van der Waals surface area contributed by atoms with Crippen molar-refractivity contribution in [2.45, 2.75) is 19.2 Å². The van der Waals surface area contributed by atoms with Crippen LogP contribution in [0.25, 0.3) is 0 Å². The summed E-state index contributed by atoms with van der Waals surface area (Å²) < 4.78 is 25.2. The van der Waals surface area contributed by atoms with E-state index in [0.29, 0.717) is 11.1 Å². The summed E-state index contributed by atoms with van der Waals surface area (Å²) in [5.74, 6) is 0.0760. The first kappa shape index (κ1) is 10.9. The average Bonchev–Trinajstić information content (AvgIpc) is 2.07. The summed E-state index contributed by atoms with van der Waals surface area (Å²) in [6.07, 6.45) is -1.02. The predicted molar refractivity (Wildman–Crippen MR) is 51.2 cm³/mol. The molecule has 0 aliphatic rings. The van der Waals surface area contributed by atoms with E-state index in [1.807, 2.05) is 0 Å². The SMILES string of the molecule is Cc1cnc(Br)c(C(F)F)c1CCl. The van der Waals surface area contributed by atoms with Gasteiger partial charge in [0.05, 0.1) is 5.56 Å². The molecule has 1 rings (SSSR count). The van der Waals surface area contributed by atoms with Gasteiger partial charge in [0.15, 0.2) is 0 Å². The Labute approximate surface area is 88.2 Å². The van der Waals surface area contributed by atoms with Crippen LogP contribution in [0.4, 0.5) is 8.78 Å². The zero-order valence-corrected chi connectivity index (χ0v) is 9.16. The normalized spacial score (nSPS) is 10.9. The molecule has 0 N–H and O–H groups in total. The Morgan fingerprint density at radius 2 is 2.23 bits per heavy atom. The maximum Gasteiger partial charge on any atom is 0.266 e. The van der Waals surface area contributed by atoms with E-state index in [1.54, 1.807) is 6.92 Å². The third-order valence-electron chi connectivity index (χ3n) is 1.75. The largest absolute Gasteiger partial charge is 0.266 e. The molecule has 0 aromatic carbocycles. The molecule has 5 heteroatoms. The van der Waals surface area contributed by atoms with E-state index in [2.05, 4.69) is 20.9 Å². The minimum Gasteiger partial charge on any atom is -0.249 e. The fourth-order valence-corrected chi connectivity index (χ4v) is 1.91. The smallest absolute Gasteiger partial charge is 0.249 e. The standard InChI is InChI=1S/C8H7BrClF2N/c1-4-3-13-7(9)6(8(11)12)5(4)2-10/h3,8H,2H2,1H3. The summed E-state index contributed by atoms with van der Waals surface area (Å²) in [6, 6.07) is 0. The van der Waals surface area contributed by atoms with Crippen molar-refractivity contribution < 1.29 is 8.78 Å². The minimum atomic E-state index is -2.55. The van der Waals surface area contributed by atoms with Crippen LogP contribution in [0.5, 0.6) is 0 Å². The van der Waals surface area contributed by atoms with Crippen LogP contribution in [-0.2, 0) is 5.88 Å². The number of nitrogens with zero attached hydrogens (tertiary/aromatic N) is 1. The van der Waals surface area contributed by atoms with Gasteiger partial charge < -0.3 is 0 Å². The molecule has 0 radical (unpaired) electrons. The quantitative estimate of drug-likeness (QED) is 0.588. The number of rotatable bonds is 2. The second-order valence-electron chi connectivity index (χ2n) is 2.56. The van der Waals surface area contributed by atoms with Crippen molar-refractivity contribution in [1.29, 1.82) is 0 Å². The van der Waals surface area contributed by atoms with E-state index < -0.39 is 6.43 Å². The van der Waals surface area contributed by atoms with Gasteiger partial charge in [-0.05, 0) is 34.0 Å². The van der Waals surface area contributed by atoms with E-state index in [0.717, 1.165) is 0 Å². The van der Waals surface area contributed by atoms with Gasteiger partial charge in [-0.25, -0.2) is 13.8 Å². The molecule has 0 aliphatic heterocycles. The molecule has 1 nitrogen and oxygen atoms in total. The lowest BCUT2D eigenvalue weighted by Crippen LogP contribution is -1.99. The summed E-state index contributed by atoms with van der Waals surface area (Å²) >= 11 is 8.54. The van der Waals surface area contributed by atoms with Crippen LogP contribution in [0.15, 0.2) is 10.8 Å². The Bertz CT molecular complexity index is 317. The molecule has 1 aromatic heterocycles. The summed E-state index contributed by atoms with van der Waals surface area (Å²) in [6.45, 7) is 1.71. The number of alkyl halides is 3. The maximum absolute atomic E-state index is 12.5. The third-order valence-corrected chi connectivity index (χ3v) is 2.65. The molecule has 1 aromatic rings. The van der Waals surface area contributed by atoms with Crippen molar-refractivity contribution in [2.75, 3.05) is 0 Å². The molecule has 0 atom stereocenters. The molecule has 0 saturated carbocycles. The van der Waals surface area contributed by atoms with Crippen LogP contribution in [-0.4, -0.2) is 4.98 Å². The zero-order valence-electron chi connectivity index (χ0n) is 6.82. The van der Waals surface area contributed by atoms with Gasteiger partial charge in [0.1, 0.15) is 4.60 Å². The van der Waals surface area contributed by atoms with Gasteiger partial charge in [0.2, 0.25) is 0 Å². The number of aryl methyl sites for hydroxylation is 1. The third kappa shape index (κ3) is 2.17. The first-order chi connectivity index (χ1) is 6.07. The molecule has 0 unspecified atom stereocenters. The van der Waals surface area contributed by atoms with Crippen LogP contribution in [0.2, 0.25) is 0 Å². The second kappa shape index (κ2) is 4.33. The van der Waals surface area contributed by atoms with Gasteiger partial charge >= 0.3 is 0 Å². The highest BCUT2D eigenvalue weighted by Crippen LogP contribution is 2.31. The molecule has 0 fully saturated rings. The number of pyridine rings is 1. The van der Waals surface area contributed by atoms with Gasteiger partial charge in [0, 0.05) is 12.1 Å². The van der Waals surface area contributed by atoms with Crippen molar-refractivity contribution >= 4 is 27.5 Å². The Balaban J connectivity index is 3.35. The highest BCUT2D eigenvalue weighted by Gasteiger charge is 2.18. The van der Waals surface area contributed by atoms with Crippen molar-refractivity contribution in [3.8, 4) is 0 Å². The van der Waals surface area contributed by atoms with Crippen molar-refractivity contribution in [3.05, 3.63) is 27.5 Å². The molecule has 0 saturated heterocycles.